The minimum atomic E-state index is -0.408. The number of nitrogens with one attached hydrogen (secondary N) is 2. The molecular weight excluding hydrogens is 332 g/mol. The van der Waals surface area contributed by atoms with Crippen molar-refractivity contribution in [3.63, 3.8) is 0 Å². The third-order valence-electron chi connectivity index (χ3n) is 4.24. The standard InChI is InChI=1S/C24H24N2O/c27-24(26-19-22-14-8-3-9-15-22)23(17-16-20-10-4-1-5-11-20)25-18-21-12-6-2-7-13-21/h1-17,23,25H,18-19H2,(H,26,27). The van der Waals surface area contributed by atoms with Crippen LogP contribution in [0.25, 0.3) is 6.08 Å². The van der Waals surface area contributed by atoms with E-state index >= 15 is 0 Å². The van der Waals surface area contributed by atoms with Gasteiger partial charge in [-0.3, -0.25) is 10.1 Å². The molecule has 0 radical (unpaired) electrons. The van der Waals surface area contributed by atoms with Crippen LogP contribution >= 0.6 is 0 Å². The first-order valence-corrected chi connectivity index (χ1v) is 9.13. The molecule has 3 nitrogen and oxygen atoms in total. The average Bonchev–Trinajstić information content (AvgIpc) is 2.74. The van der Waals surface area contributed by atoms with Crippen molar-refractivity contribution in [1.82, 2.24) is 10.6 Å². The number of carbonyl (C=O) groups is 1. The fourth-order valence-electron chi connectivity index (χ4n) is 2.74. The van der Waals surface area contributed by atoms with Crippen molar-refractivity contribution in [1.29, 1.82) is 0 Å². The lowest BCUT2D eigenvalue weighted by Gasteiger charge is -2.15. The minimum Gasteiger partial charge on any atom is -0.350 e. The zero-order valence-corrected chi connectivity index (χ0v) is 15.2. The number of carbonyl (C=O) groups excluding carboxylic acids is 1. The molecule has 0 aliphatic carbocycles. The van der Waals surface area contributed by atoms with Crippen molar-refractivity contribution in [2.24, 2.45) is 0 Å². The topological polar surface area (TPSA) is 41.1 Å². The smallest absolute Gasteiger partial charge is 0.241 e. The van der Waals surface area contributed by atoms with E-state index in [1.54, 1.807) is 0 Å². The first-order valence-electron chi connectivity index (χ1n) is 9.13. The summed E-state index contributed by atoms with van der Waals surface area (Å²) in [5.41, 5.74) is 3.30. The highest BCUT2D eigenvalue weighted by Crippen LogP contribution is 2.05. The second kappa shape index (κ2) is 10.1. The van der Waals surface area contributed by atoms with Gasteiger partial charge in [0.15, 0.2) is 0 Å². The number of benzene rings is 3. The first kappa shape index (κ1) is 18.6. The lowest BCUT2D eigenvalue weighted by molar-refractivity contribution is -0.122. The summed E-state index contributed by atoms with van der Waals surface area (Å²) in [7, 11) is 0. The predicted molar refractivity (Wildman–Crippen MR) is 111 cm³/mol. The van der Waals surface area contributed by atoms with Crippen LogP contribution in [0.15, 0.2) is 97.1 Å². The molecule has 0 aromatic heterocycles. The van der Waals surface area contributed by atoms with Gasteiger partial charge < -0.3 is 5.32 Å². The summed E-state index contributed by atoms with van der Waals surface area (Å²) in [6.07, 6.45) is 3.89. The van der Waals surface area contributed by atoms with Crippen LogP contribution in [0.1, 0.15) is 16.7 Å². The van der Waals surface area contributed by atoms with Crippen LogP contribution in [0.4, 0.5) is 0 Å². The van der Waals surface area contributed by atoms with Gasteiger partial charge >= 0.3 is 0 Å². The van der Waals surface area contributed by atoms with Gasteiger partial charge in [0, 0.05) is 13.1 Å². The Balaban J connectivity index is 1.65. The molecule has 0 fully saturated rings. The highest BCUT2D eigenvalue weighted by molar-refractivity contribution is 5.84. The van der Waals surface area contributed by atoms with E-state index in [-0.39, 0.29) is 5.91 Å². The van der Waals surface area contributed by atoms with Gasteiger partial charge in [-0.25, -0.2) is 0 Å². The molecule has 1 atom stereocenters. The molecular formula is C24H24N2O. The van der Waals surface area contributed by atoms with Gasteiger partial charge in [-0.05, 0) is 16.7 Å². The highest BCUT2D eigenvalue weighted by Gasteiger charge is 2.14. The third-order valence-corrected chi connectivity index (χ3v) is 4.24. The summed E-state index contributed by atoms with van der Waals surface area (Å²) in [4.78, 5) is 12.7. The lowest BCUT2D eigenvalue weighted by atomic mass is 10.1. The van der Waals surface area contributed by atoms with Crippen molar-refractivity contribution in [3.8, 4) is 0 Å². The molecule has 0 heterocycles. The molecule has 2 N–H and O–H groups in total. The summed E-state index contributed by atoms with van der Waals surface area (Å²) in [5.74, 6) is -0.0398. The molecule has 1 amide bonds. The van der Waals surface area contributed by atoms with Gasteiger partial charge in [-0.2, -0.15) is 0 Å². The number of amides is 1. The minimum absolute atomic E-state index is 0.0398. The molecule has 136 valence electrons. The fourth-order valence-corrected chi connectivity index (χ4v) is 2.74. The summed E-state index contributed by atoms with van der Waals surface area (Å²) in [6, 6.07) is 29.6. The van der Waals surface area contributed by atoms with Crippen LogP contribution in [-0.4, -0.2) is 11.9 Å². The van der Waals surface area contributed by atoms with Gasteiger partial charge in [-0.15, -0.1) is 0 Å². The van der Waals surface area contributed by atoms with E-state index in [0.717, 1.165) is 16.7 Å². The van der Waals surface area contributed by atoms with E-state index in [1.807, 2.05) is 103 Å². The van der Waals surface area contributed by atoms with Crippen molar-refractivity contribution in [3.05, 3.63) is 114 Å². The van der Waals surface area contributed by atoms with E-state index in [4.69, 9.17) is 0 Å². The van der Waals surface area contributed by atoms with Gasteiger partial charge in [0.2, 0.25) is 5.91 Å². The average molecular weight is 356 g/mol. The first-order chi connectivity index (χ1) is 13.3. The van der Waals surface area contributed by atoms with E-state index in [2.05, 4.69) is 10.6 Å². The molecule has 0 aliphatic rings. The zero-order valence-electron chi connectivity index (χ0n) is 15.2. The van der Waals surface area contributed by atoms with E-state index in [0.29, 0.717) is 13.1 Å². The Kier molecular flexibility index (Phi) is 6.96. The third kappa shape index (κ3) is 6.24. The van der Waals surface area contributed by atoms with Crippen molar-refractivity contribution >= 4 is 12.0 Å². The molecule has 1 unspecified atom stereocenters. The van der Waals surface area contributed by atoms with Crippen molar-refractivity contribution < 1.29 is 4.79 Å². The maximum atomic E-state index is 12.7. The summed E-state index contributed by atoms with van der Waals surface area (Å²) < 4.78 is 0. The van der Waals surface area contributed by atoms with Crippen molar-refractivity contribution in [2.75, 3.05) is 0 Å². The van der Waals surface area contributed by atoms with Gasteiger partial charge in [0.25, 0.3) is 0 Å². The van der Waals surface area contributed by atoms with Crippen LogP contribution in [0.3, 0.4) is 0 Å². The van der Waals surface area contributed by atoms with Crippen LogP contribution in [0.2, 0.25) is 0 Å². The molecule has 0 bridgehead atoms. The van der Waals surface area contributed by atoms with E-state index < -0.39 is 6.04 Å². The quantitative estimate of drug-likeness (QED) is 0.636. The van der Waals surface area contributed by atoms with E-state index in [1.165, 1.54) is 0 Å². The monoisotopic (exact) mass is 356 g/mol. The molecule has 0 saturated heterocycles. The van der Waals surface area contributed by atoms with Gasteiger partial charge in [0.05, 0.1) is 0 Å². The van der Waals surface area contributed by atoms with Crippen LogP contribution < -0.4 is 10.6 Å². The Morgan fingerprint density at radius 3 is 1.85 bits per heavy atom. The SMILES string of the molecule is O=C(NCc1ccccc1)C(C=Cc1ccccc1)NCc1ccccc1. The van der Waals surface area contributed by atoms with Crippen LogP contribution in [-0.2, 0) is 17.9 Å². The van der Waals surface area contributed by atoms with Crippen LogP contribution in [0, 0.1) is 0 Å². The summed E-state index contributed by atoms with van der Waals surface area (Å²) in [5, 5.41) is 6.36. The lowest BCUT2D eigenvalue weighted by Crippen LogP contribution is -2.42. The maximum Gasteiger partial charge on any atom is 0.241 e. The van der Waals surface area contributed by atoms with Crippen LogP contribution in [0.5, 0.6) is 0 Å². The molecule has 0 spiro atoms. The Labute approximate surface area is 160 Å². The normalized spacial score (nSPS) is 12.0. The number of hydrogen-bond donors (Lipinski definition) is 2. The van der Waals surface area contributed by atoms with E-state index in [9.17, 15) is 4.79 Å². The molecule has 27 heavy (non-hydrogen) atoms. The highest BCUT2D eigenvalue weighted by atomic mass is 16.2. The van der Waals surface area contributed by atoms with Gasteiger partial charge in [-0.1, -0.05) is 103 Å². The largest absolute Gasteiger partial charge is 0.350 e. The molecule has 0 saturated carbocycles. The van der Waals surface area contributed by atoms with Crippen molar-refractivity contribution in [2.45, 2.75) is 19.1 Å². The Morgan fingerprint density at radius 2 is 1.26 bits per heavy atom. The predicted octanol–water partition coefficient (Wildman–Crippen LogP) is 4.17. The molecule has 3 aromatic rings. The number of hydrogen-bond acceptors (Lipinski definition) is 2. The Morgan fingerprint density at radius 1 is 0.741 bits per heavy atom. The zero-order chi connectivity index (χ0) is 18.7. The Bertz CT molecular complexity index is 845. The summed E-state index contributed by atoms with van der Waals surface area (Å²) >= 11 is 0. The number of rotatable bonds is 8. The second-order valence-corrected chi connectivity index (χ2v) is 6.32. The van der Waals surface area contributed by atoms with Gasteiger partial charge in [0.1, 0.15) is 6.04 Å². The second-order valence-electron chi connectivity index (χ2n) is 6.32. The summed E-state index contributed by atoms with van der Waals surface area (Å²) in [6.45, 7) is 1.14. The molecule has 3 heteroatoms. The molecule has 0 aliphatic heterocycles. The Hall–Kier alpha value is -3.17. The molecule has 3 aromatic carbocycles. The fraction of sp³-hybridized carbons (Fsp3) is 0.125. The maximum absolute atomic E-state index is 12.7. The molecule has 3 rings (SSSR count).